The molecule has 1 aliphatic rings. The normalized spacial score (nSPS) is 15.3. The molecule has 0 atom stereocenters. The van der Waals surface area contributed by atoms with E-state index < -0.39 is 0 Å². The largest absolute Gasteiger partial charge is 0.468 e. The molecule has 0 unspecified atom stereocenters. The van der Waals surface area contributed by atoms with Gasteiger partial charge in [-0.15, -0.1) is 11.8 Å². The number of hydrogen-bond acceptors (Lipinski definition) is 7. The number of nitrogen functional groups attached to an aromatic ring is 1. The molecule has 0 saturated carbocycles. The summed E-state index contributed by atoms with van der Waals surface area (Å²) in [5, 5.41) is 0. The zero-order chi connectivity index (χ0) is 14.5. The van der Waals surface area contributed by atoms with Gasteiger partial charge < -0.3 is 15.1 Å². The maximum absolute atomic E-state index is 5.82. The van der Waals surface area contributed by atoms with Gasteiger partial charge in [0, 0.05) is 13.1 Å². The zero-order valence-corrected chi connectivity index (χ0v) is 12.7. The molecule has 2 N–H and O–H groups in total. The summed E-state index contributed by atoms with van der Waals surface area (Å²) < 4.78 is 5.31. The third-order valence-corrected chi connectivity index (χ3v) is 4.33. The summed E-state index contributed by atoms with van der Waals surface area (Å²) >= 11 is 1.71. The van der Waals surface area contributed by atoms with Crippen molar-refractivity contribution in [1.82, 2.24) is 15.0 Å². The average molecular weight is 305 g/mol. The van der Waals surface area contributed by atoms with E-state index in [9.17, 15) is 0 Å². The van der Waals surface area contributed by atoms with Crippen molar-refractivity contribution in [2.75, 3.05) is 23.7 Å². The van der Waals surface area contributed by atoms with E-state index in [1.165, 1.54) is 19.3 Å². The maximum Gasteiger partial charge on any atom is 0.230 e. The fourth-order valence-corrected chi connectivity index (χ4v) is 3.14. The van der Waals surface area contributed by atoms with Crippen LogP contribution in [0.5, 0.6) is 0 Å². The summed E-state index contributed by atoms with van der Waals surface area (Å²) in [6.07, 6.45) is 5.34. The number of nitrogens with two attached hydrogens (primary N) is 1. The molecule has 0 aromatic carbocycles. The van der Waals surface area contributed by atoms with E-state index in [-0.39, 0.29) is 0 Å². The third kappa shape index (κ3) is 3.87. The Morgan fingerprint density at radius 3 is 2.76 bits per heavy atom. The molecule has 6 nitrogen and oxygen atoms in total. The van der Waals surface area contributed by atoms with Crippen LogP contribution in [0.3, 0.4) is 0 Å². The van der Waals surface area contributed by atoms with Crippen molar-refractivity contribution in [3.05, 3.63) is 30.0 Å². The smallest absolute Gasteiger partial charge is 0.230 e. The number of nitrogens with zero attached hydrogens (tertiary/aromatic N) is 4. The minimum Gasteiger partial charge on any atom is -0.468 e. The molecule has 2 aromatic heterocycles. The molecule has 0 aliphatic carbocycles. The highest BCUT2D eigenvalue weighted by molar-refractivity contribution is 7.97. The minimum absolute atomic E-state index is 0.305. The fourth-order valence-electron chi connectivity index (χ4n) is 2.36. The highest BCUT2D eigenvalue weighted by Crippen LogP contribution is 2.20. The lowest BCUT2D eigenvalue weighted by atomic mass is 10.1. The number of thioether (sulfide) groups is 1. The number of anilines is 2. The summed E-state index contributed by atoms with van der Waals surface area (Å²) in [5.41, 5.74) is 5.82. The van der Waals surface area contributed by atoms with E-state index in [1.54, 1.807) is 18.0 Å². The summed E-state index contributed by atoms with van der Waals surface area (Å²) in [4.78, 5) is 15.2. The van der Waals surface area contributed by atoms with Gasteiger partial charge in [-0.3, -0.25) is 0 Å². The van der Waals surface area contributed by atoms with Gasteiger partial charge in [-0.1, -0.05) is 0 Å². The van der Waals surface area contributed by atoms with Crippen molar-refractivity contribution in [2.24, 2.45) is 0 Å². The topological polar surface area (TPSA) is 81.1 Å². The monoisotopic (exact) mass is 305 g/mol. The van der Waals surface area contributed by atoms with Crippen LogP contribution in [0.2, 0.25) is 0 Å². The van der Waals surface area contributed by atoms with E-state index in [0.717, 1.165) is 36.4 Å². The first kappa shape index (κ1) is 14.2. The third-order valence-electron chi connectivity index (χ3n) is 3.38. The number of furan rings is 1. The predicted octanol–water partition coefficient (Wildman–Crippen LogP) is 2.47. The number of piperidine rings is 1. The first-order chi connectivity index (χ1) is 10.3. The molecule has 1 saturated heterocycles. The van der Waals surface area contributed by atoms with Crippen LogP contribution < -0.4 is 10.6 Å². The molecule has 0 amide bonds. The van der Waals surface area contributed by atoms with Crippen molar-refractivity contribution in [1.29, 1.82) is 0 Å². The lowest BCUT2D eigenvalue weighted by Gasteiger charge is -2.26. The molecule has 3 heterocycles. The highest BCUT2D eigenvalue weighted by atomic mass is 32.2. The lowest BCUT2D eigenvalue weighted by molar-refractivity contribution is 0.530. The number of aromatic nitrogens is 3. The van der Waals surface area contributed by atoms with Gasteiger partial charge in [0.2, 0.25) is 11.9 Å². The Morgan fingerprint density at radius 1 is 1.14 bits per heavy atom. The van der Waals surface area contributed by atoms with Crippen LogP contribution in [-0.4, -0.2) is 28.0 Å². The molecule has 0 radical (unpaired) electrons. The molecule has 112 valence electrons. The van der Waals surface area contributed by atoms with Gasteiger partial charge in [-0.05, 0) is 31.4 Å². The van der Waals surface area contributed by atoms with E-state index in [2.05, 4.69) is 19.9 Å². The standard InChI is InChI=1S/C14H19N5OS/c15-13-16-12(10-21-9-11-5-4-8-20-11)17-14(18-13)19-6-2-1-3-7-19/h4-5,8H,1-3,6-7,9-10H2,(H2,15,16,17,18). The highest BCUT2D eigenvalue weighted by Gasteiger charge is 2.15. The Labute approximate surface area is 128 Å². The van der Waals surface area contributed by atoms with Gasteiger partial charge in [-0.25, -0.2) is 0 Å². The minimum atomic E-state index is 0.305. The fraction of sp³-hybridized carbons (Fsp3) is 0.500. The number of hydrogen-bond donors (Lipinski definition) is 1. The van der Waals surface area contributed by atoms with Crippen LogP contribution >= 0.6 is 11.8 Å². The second-order valence-electron chi connectivity index (χ2n) is 5.03. The number of rotatable bonds is 5. The maximum atomic E-state index is 5.82. The summed E-state index contributed by atoms with van der Waals surface area (Å²) in [6, 6.07) is 3.86. The van der Waals surface area contributed by atoms with Crippen molar-refractivity contribution in [2.45, 2.75) is 30.8 Å². The van der Waals surface area contributed by atoms with Gasteiger partial charge in [0.05, 0.1) is 17.8 Å². The molecule has 1 aliphatic heterocycles. The van der Waals surface area contributed by atoms with Gasteiger partial charge in [0.15, 0.2) is 0 Å². The second-order valence-corrected chi connectivity index (χ2v) is 6.02. The Morgan fingerprint density at radius 2 is 2.00 bits per heavy atom. The van der Waals surface area contributed by atoms with Crippen LogP contribution in [0.25, 0.3) is 0 Å². The summed E-state index contributed by atoms with van der Waals surface area (Å²) in [7, 11) is 0. The molecular weight excluding hydrogens is 286 g/mol. The Hall–Kier alpha value is -1.76. The van der Waals surface area contributed by atoms with Crippen molar-refractivity contribution in [3.63, 3.8) is 0 Å². The van der Waals surface area contributed by atoms with Crippen molar-refractivity contribution < 1.29 is 4.42 Å². The Bertz CT molecular complexity index is 569. The molecule has 0 bridgehead atoms. The lowest BCUT2D eigenvalue weighted by Crippen LogP contribution is -2.31. The summed E-state index contributed by atoms with van der Waals surface area (Å²) in [6.45, 7) is 2.00. The molecule has 2 aromatic rings. The van der Waals surface area contributed by atoms with Gasteiger partial charge in [0.1, 0.15) is 11.6 Å². The molecule has 1 fully saturated rings. The van der Waals surface area contributed by atoms with E-state index in [4.69, 9.17) is 10.2 Å². The van der Waals surface area contributed by atoms with E-state index in [1.807, 2.05) is 12.1 Å². The Kier molecular flexibility index (Phi) is 4.59. The summed E-state index contributed by atoms with van der Waals surface area (Å²) in [5.74, 6) is 4.22. The SMILES string of the molecule is Nc1nc(CSCc2ccco2)nc(N2CCCCC2)n1. The van der Waals surface area contributed by atoms with Crippen LogP contribution in [0, 0.1) is 0 Å². The van der Waals surface area contributed by atoms with Gasteiger partial charge in [-0.2, -0.15) is 15.0 Å². The first-order valence-electron chi connectivity index (χ1n) is 7.17. The molecular formula is C14H19N5OS. The molecule has 7 heteroatoms. The van der Waals surface area contributed by atoms with Crippen molar-refractivity contribution >= 4 is 23.7 Å². The van der Waals surface area contributed by atoms with Crippen LogP contribution in [0.1, 0.15) is 30.8 Å². The first-order valence-corrected chi connectivity index (χ1v) is 8.32. The van der Waals surface area contributed by atoms with Gasteiger partial charge >= 0.3 is 0 Å². The van der Waals surface area contributed by atoms with E-state index >= 15 is 0 Å². The second kappa shape index (κ2) is 6.80. The van der Waals surface area contributed by atoms with Crippen LogP contribution in [-0.2, 0) is 11.5 Å². The Balaban J connectivity index is 1.63. The molecule has 0 spiro atoms. The average Bonchev–Trinajstić information content (AvgIpc) is 3.01. The van der Waals surface area contributed by atoms with Crippen LogP contribution in [0.15, 0.2) is 22.8 Å². The predicted molar refractivity (Wildman–Crippen MR) is 84.0 cm³/mol. The van der Waals surface area contributed by atoms with Crippen LogP contribution in [0.4, 0.5) is 11.9 Å². The molecule has 21 heavy (non-hydrogen) atoms. The molecule has 3 rings (SSSR count). The zero-order valence-electron chi connectivity index (χ0n) is 11.9. The van der Waals surface area contributed by atoms with E-state index in [0.29, 0.717) is 11.7 Å². The quantitative estimate of drug-likeness (QED) is 0.908. The van der Waals surface area contributed by atoms with Crippen molar-refractivity contribution in [3.8, 4) is 0 Å². The van der Waals surface area contributed by atoms with Gasteiger partial charge in [0.25, 0.3) is 0 Å².